The summed E-state index contributed by atoms with van der Waals surface area (Å²) < 4.78 is 36.5. The quantitative estimate of drug-likeness (QED) is 0.559. The molecular weight excluding hydrogens is 346 g/mol. The molecule has 0 aliphatic rings. The van der Waals surface area contributed by atoms with E-state index in [0.29, 0.717) is 11.1 Å². The van der Waals surface area contributed by atoms with Gasteiger partial charge in [-0.25, -0.2) is 18.6 Å². The summed E-state index contributed by atoms with van der Waals surface area (Å²) in [5, 5.41) is 2.11. The number of nitrogens with one attached hydrogen (secondary N) is 1. The topological polar surface area (TPSA) is 81.4 Å². The molecule has 1 N–H and O–H groups in total. The van der Waals surface area contributed by atoms with Gasteiger partial charge in [0.05, 0.1) is 5.69 Å². The van der Waals surface area contributed by atoms with Crippen molar-refractivity contribution >= 4 is 34.7 Å². The lowest BCUT2D eigenvalue weighted by Gasteiger charge is -2.06. The summed E-state index contributed by atoms with van der Waals surface area (Å²) in [5.74, 6) is -2.93. The maximum absolute atomic E-state index is 13.4. The highest BCUT2D eigenvalue weighted by molar-refractivity contribution is 5.94. The van der Waals surface area contributed by atoms with Crippen molar-refractivity contribution in [1.29, 1.82) is 0 Å². The molecule has 0 unspecified atom stereocenters. The maximum Gasteiger partial charge on any atom is 0.331 e. The van der Waals surface area contributed by atoms with Crippen LogP contribution in [0.2, 0.25) is 0 Å². The molecule has 3 aromatic rings. The molecule has 1 aromatic heterocycles. The molecule has 0 saturated heterocycles. The van der Waals surface area contributed by atoms with Crippen molar-refractivity contribution in [3.63, 3.8) is 0 Å². The predicted octanol–water partition coefficient (Wildman–Crippen LogP) is 3.30. The Morgan fingerprint density at radius 1 is 1.19 bits per heavy atom. The average Bonchev–Trinajstić information content (AvgIpc) is 3.04. The van der Waals surface area contributed by atoms with E-state index in [1.807, 2.05) is 0 Å². The minimum atomic E-state index is -0.817. The molecule has 132 valence electrons. The van der Waals surface area contributed by atoms with Gasteiger partial charge in [-0.2, -0.15) is 0 Å². The molecule has 0 aliphatic carbocycles. The zero-order valence-corrected chi connectivity index (χ0v) is 13.2. The van der Waals surface area contributed by atoms with Gasteiger partial charge in [-0.3, -0.25) is 4.79 Å². The molecule has 2 aromatic carbocycles. The number of amides is 1. The second-order valence-electron chi connectivity index (χ2n) is 5.13. The van der Waals surface area contributed by atoms with Gasteiger partial charge >= 0.3 is 5.97 Å². The molecular formula is C18H12F2N2O4. The molecule has 0 bridgehead atoms. The number of hydrogen-bond acceptors (Lipinski definition) is 5. The van der Waals surface area contributed by atoms with Crippen molar-refractivity contribution in [3.8, 4) is 0 Å². The van der Waals surface area contributed by atoms with Gasteiger partial charge in [0, 0.05) is 18.2 Å². The molecule has 3 rings (SSSR count). The number of esters is 1. The lowest BCUT2D eigenvalue weighted by Crippen LogP contribution is -2.20. The minimum Gasteiger partial charge on any atom is -0.452 e. The third-order valence-electron chi connectivity index (χ3n) is 3.22. The van der Waals surface area contributed by atoms with E-state index in [1.165, 1.54) is 6.08 Å². The van der Waals surface area contributed by atoms with Crippen molar-refractivity contribution in [1.82, 2.24) is 4.98 Å². The predicted molar refractivity (Wildman–Crippen MR) is 89.0 cm³/mol. The molecule has 0 radical (unpaired) electrons. The van der Waals surface area contributed by atoms with Crippen molar-refractivity contribution in [2.75, 3.05) is 11.9 Å². The summed E-state index contributed by atoms with van der Waals surface area (Å²) in [6.07, 6.45) is 2.34. The normalized spacial score (nSPS) is 11.0. The van der Waals surface area contributed by atoms with Gasteiger partial charge in [0.25, 0.3) is 5.91 Å². The number of halogens is 2. The molecule has 0 spiro atoms. The number of carbonyl (C=O) groups is 2. The Hall–Kier alpha value is -3.55. The SMILES string of the molecule is O=C(COC(=O)/C=C/c1nc2ccccc2o1)Nc1cc(F)ccc1F. The number of carbonyl (C=O) groups excluding carboxylic acids is 2. The van der Waals surface area contributed by atoms with E-state index in [9.17, 15) is 18.4 Å². The van der Waals surface area contributed by atoms with Gasteiger partial charge in [0.2, 0.25) is 5.89 Å². The molecule has 1 heterocycles. The molecule has 1 amide bonds. The van der Waals surface area contributed by atoms with E-state index < -0.39 is 30.1 Å². The number of oxazole rings is 1. The van der Waals surface area contributed by atoms with Crippen LogP contribution in [-0.2, 0) is 14.3 Å². The first-order chi connectivity index (χ1) is 12.5. The number of para-hydroxylation sites is 2. The first kappa shape index (κ1) is 17.3. The number of rotatable bonds is 5. The summed E-state index contributed by atoms with van der Waals surface area (Å²) in [7, 11) is 0. The smallest absolute Gasteiger partial charge is 0.331 e. The largest absolute Gasteiger partial charge is 0.452 e. The lowest BCUT2D eigenvalue weighted by molar-refractivity contribution is -0.142. The number of nitrogens with zero attached hydrogens (tertiary/aromatic N) is 1. The van der Waals surface area contributed by atoms with Crippen LogP contribution in [0.25, 0.3) is 17.2 Å². The first-order valence-electron chi connectivity index (χ1n) is 7.46. The summed E-state index contributed by atoms with van der Waals surface area (Å²) in [6.45, 7) is -0.660. The Labute approximate surface area is 146 Å². The van der Waals surface area contributed by atoms with Gasteiger partial charge in [0.1, 0.15) is 17.2 Å². The highest BCUT2D eigenvalue weighted by Crippen LogP contribution is 2.16. The second-order valence-corrected chi connectivity index (χ2v) is 5.13. The van der Waals surface area contributed by atoms with Gasteiger partial charge in [0.15, 0.2) is 12.2 Å². The number of aromatic nitrogens is 1. The zero-order chi connectivity index (χ0) is 18.5. The summed E-state index contributed by atoms with van der Waals surface area (Å²) in [4.78, 5) is 27.4. The number of benzene rings is 2. The van der Waals surface area contributed by atoms with Crippen LogP contribution < -0.4 is 5.32 Å². The molecule has 0 aliphatic heterocycles. The Morgan fingerprint density at radius 3 is 2.81 bits per heavy atom. The Bertz CT molecular complexity index is 965. The standard InChI is InChI=1S/C18H12F2N2O4/c19-11-5-6-12(20)14(9-11)21-16(23)10-25-18(24)8-7-17-22-13-3-1-2-4-15(13)26-17/h1-9H,10H2,(H,21,23)/b8-7+. The molecule has 0 atom stereocenters. The van der Waals surface area contributed by atoms with Crippen molar-refractivity contribution in [2.24, 2.45) is 0 Å². The maximum atomic E-state index is 13.4. The van der Waals surface area contributed by atoms with Crippen molar-refractivity contribution in [2.45, 2.75) is 0 Å². The Morgan fingerprint density at radius 2 is 2.00 bits per heavy atom. The van der Waals surface area contributed by atoms with Crippen LogP contribution in [0, 0.1) is 11.6 Å². The van der Waals surface area contributed by atoms with Crippen LogP contribution in [0.1, 0.15) is 5.89 Å². The number of ether oxygens (including phenoxy) is 1. The zero-order valence-electron chi connectivity index (χ0n) is 13.2. The average molecular weight is 358 g/mol. The van der Waals surface area contributed by atoms with Gasteiger partial charge in [-0.05, 0) is 24.3 Å². The van der Waals surface area contributed by atoms with Gasteiger partial charge in [-0.15, -0.1) is 0 Å². The van der Waals surface area contributed by atoms with Crippen LogP contribution in [0.3, 0.4) is 0 Å². The monoisotopic (exact) mass is 358 g/mol. The fraction of sp³-hybridized carbons (Fsp3) is 0.0556. The molecule has 0 fully saturated rings. The van der Waals surface area contributed by atoms with E-state index in [0.717, 1.165) is 24.3 Å². The molecule has 6 nitrogen and oxygen atoms in total. The summed E-state index contributed by atoms with van der Waals surface area (Å²) in [6, 6.07) is 9.68. The van der Waals surface area contributed by atoms with Crippen LogP contribution in [0.5, 0.6) is 0 Å². The fourth-order valence-corrected chi connectivity index (χ4v) is 2.07. The summed E-state index contributed by atoms with van der Waals surface area (Å²) in [5.41, 5.74) is 0.863. The van der Waals surface area contributed by atoms with E-state index in [-0.39, 0.29) is 11.6 Å². The van der Waals surface area contributed by atoms with E-state index in [1.54, 1.807) is 24.3 Å². The molecule has 8 heteroatoms. The lowest BCUT2D eigenvalue weighted by atomic mass is 10.3. The van der Waals surface area contributed by atoms with Gasteiger partial charge < -0.3 is 14.5 Å². The fourth-order valence-electron chi connectivity index (χ4n) is 2.07. The molecule has 26 heavy (non-hydrogen) atoms. The van der Waals surface area contributed by atoms with Crippen LogP contribution in [0.4, 0.5) is 14.5 Å². The Kier molecular flexibility index (Phi) is 5.02. The highest BCUT2D eigenvalue weighted by Gasteiger charge is 2.10. The Balaban J connectivity index is 1.53. The second kappa shape index (κ2) is 7.56. The van der Waals surface area contributed by atoms with Crippen LogP contribution >= 0.6 is 0 Å². The van der Waals surface area contributed by atoms with Crippen molar-refractivity contribution in [3.05, 3.63) is 66.1 Å². The first-order valence-corrected chi connectivity index (χ1v) is 7.46. The minimum absolute atomic E-state index is 0.203. The van der Waals surface area contributed by atoms with E-state index >= 15 is 0 Å². The third-order valence-corrected chi connectivity index (χ3v) is 3.22. The number of fused-ring (bicyclic) bond motifs is 1. The number of anilines is 1. The number of hydrogen-bond donors (Lipinski definition) is 1. The van der Waals surface area contributed by atoms with E-state index in [4.69, 9.17) is 9.15 Å². The highest BCUT2D eigenvalue weighted by atomic mass is 19.1. The van der Waals surface area contributed by atoms with Crippen LogP contribution in [-0.4, -0.2) is 23.5 Å². The summed E-state index contributed by atoms with van der Waals surface area (Å²) >= 11 is 0. The molecule has 0 saturated carbocycles. The van der Waals surface area contributed by atoms with Crippen LogP contribution in [0.15, 0.2) is 53.0 Å². The van der Waals surface area contributed by atoms with E-state index in [2.05, 4.69) is 10.3 Å². The third kappa shape index (κ3) is 4.29. The van der Waals surface area contributed by atoms with Gasteiger partial charge in [-0.1, -0.05) is 12.1 Å². The van der Waals surface area contributed by atoms with Crippen molar-refractivity contribution < 1.29 is 27.5 Å².